The molecule has 0 radical (unpaired) electrons. The number of esters is 3. The minimum absolute atomic E-state index is 0.298. The van der Waals surface area contributed by atoms with Gasteiger partial charge in [-0.15, -0.1) is 0 Å². The lowest BCUT2D eigenvalue weighted by Crippen LogP contribution is -2.03. The summed E-state index contributed by atoms with van der Waals surface area (Å²) in [6.45, 7) is 6.18. The highest BCUT2D eigenvalue weighted by molar-refractivity contribution is 5.91. The third-order valence-corrected chi connectivity index (χ3v) is 2.43. The van der Waals surface area contributed by atoms with Crippen molar-refractivity contribution in [3.8, 4) is 0 Å². The molecule has 0 spiro atoms. The Hall–Kier alpha value is -2.89. The van der Waals surface area contributed by atoms with Crippen molar-refractivity contribution in [3.63, 3.8) is 0 Å². The monoisotopic (exact) mass is 348 g/mol. The molecule has 0 heterocycles. The second-order valence-electron chi connectivity index (χ2n) is 4.33. The topological polar surface area (TPSA) is 78.9 Å². The predicted octanol–water partition coefficient (Wildman–Crippen LogP) is 2.93. The maximum atomic E-state index is 10.9. The van der Waals surface area contributed by atoms with E-state index in [1.807, 2.05) is 30.3 Å². The first kappa shape index (κ1) is 22.1. The van der Waals surface area contributed by atoms with Crippen molar-refractivity contribution < 1.29 is 28.6 Å². The Bertz CT molecular complexity index is 555. The molecule has 0 aromatic heterocycles. The number of hydrogen-bond acceptors (Lipinski definition) is 6. The van der Waals surface area contributed by atoms with Gasteiger partial charge in [0.1, 0.15) is 0 Å². The van der Waals surface area contributed by atoms with Gasteiger partial charge in [0, 0.05) is 18.2 Å². The zero-order chi connectivity index (χ0) is 18.9. The van der Waals surface area contributed by atoms with Gasteiger partial charge < -0.3 is 14.2 Å². The molecule has 0 atom stereocenters. The molecule has 1 aromatic rings. The molecule has 1 aromatic carbocycles. The Morgan fingerprint density at radius 2 is 1.12 bits per heavy atom. The summed E-state index contributed by atoms with van der Waals surface area (Å²) in [6.07, 6.45) is 5.25. The van der Waals surface area contributed by atoms with E-state index in [0.29, 0.717) is 19.8 Å². The molecule has 1 rings (SSSR count). The van der Waals surface area contributed by atoms with Crippen LogP contribution in [-0.4, -0.2) is 37.7 Å². The van der Waals surface area contributed by atoms with Gasteiger partial charge in [0.25, 0.3) is 0 Å². The van der Waals surface area contributed by atoms with E-state index in [-0.39, 0.29) is 5.97 Å². The third-order valence-electron chi connectivity index (χ3n) is 2.43. The van der Waals surface area contributed by atoms with Crippen LogP contribution in [0.15, 0.2) is 48.6 Å². The maximum absolute atomic E-state index is 10.9. The number of benzene rings is 1. The Kier molecular flexibility index (Phi) is 13.0. The van der Waals surface area contributed by atoms with Crippen LogP contribution in [0.5, 0.6) is 0 Å². The molecule has 0 bridgehead atoms. The lowest BCUT2D eigenvalue weighted by Gasteiger charge is -1.95. The van der Waals surface area contributed by atoms with Crippen molar-refractivity contribution >= 4 is 24.0 Å². The van der Waals surface area contributed by atoms with E-state index in [9.17, 15) is 14.4 Å². The third kappa shape index (κ3) is 13.3. The number of hydrogen-bond donors (Lipinski definition) is 0. The Morgan fingerprint density at radius 3 is 1.52 bits per heavy atom. The van der Waals surface area contributed by atoms with E-state index in [0.717, 1.165) is 17.7 Å². The number of rotatable bonds is 7. The smallest absolute Gasteiger partial charge is 0.330 e. The number of ether oxygens (including phenoxy) is 3. The molecule has 6 nitrogen and oxygen atoms in total. The van der Waals surface area contributed by atoms with Crippen molar-refractivity contribution in [2.75, 3.05) is 19.8 Å². The molecule has 136 valence electrons. The second-order valence-corrected chi connectivity index (χ2v) is 4.33. The van der Waals surface area contributed by atoms with Crippen molar-refractivity contribution in [1.29, 1.82) is 0 Å². The fraction of sp³-hybridized carbons (Fsp3) is 0.316. The summed E-state index contributed by atoms with van der Waals surface area (Å²) in [5, 5.41) is 0. The quantitative estimate of drug-likeness (QED) is 0.428. The van der Waals surface area contributed by atoms with Crippen LogP contribution in [-0.2, 0) is 28.6 Å². The van der Waals surface area contributed by atoms with E-state index in [1.54, 1.807) is 26.8 Å². The Morgan fingerprint density at radius 1 is 0.720 bits per heavy atom. The average Bonchev–Trinajstić information content (AvgIpc) is 2.60. The summed E-state index contributed by atoms with van der Waals surface area (Å²) in [5.41, 5.74) is 0.996. The lowest BCUT2D eigenvalue weighted by molar-refractivity contribution is -0.140. The van der Waals surface area contributed by atoms with E-state index < -0.39 is 11.9 Å². The van der Waals surface area contributed by atoms with Gasteiger partial charge in [-0.3, -0.25) is 0 Å². The minimum Gasteiger partial charge on any atom is -0.463 e. The van der Waals surface area contributed by atoms with Gasteiger partial charge in [0.15, 0.2) is 0 Å². The summed E-state index contributed by atoms with van der Waals surface area (Å²) in [6, 6.07) is 9.63. The van der Waals surface area contributed by atoms with Crippen molar-refractivity contribution in [1.82, 2.24) is 0 Å². The van der Waals surface area contributed by atoms with Crippen LogP contribution < -0.4 is 0 Å². The SMILES string of the molecule is CCOC(=O)/C=C/C(=O)OCC.CCOC(=O)C=Cc1ccccc1. The van der Waals surface area contributed by atoms with Crippen LogP contribution in [0.3, 0.4) is 0 Å². The molecule has 0 saturated heterocycles. The normalized spacial score (nSPS) is 10.0. The molecular formula is C19H24O6. The molecular weight excluding hydrogens is 324 g/mol. The highest BCUT2D eigenvalue weighted by atomic mass is 16.5. The number of carbonyl (C=O) groups excluding carboxylic acids is 3. The fourth-order valence-electron chi connectivity index (χ4n) is 1.44. The van der Waals surface area contributed by atoms with Gasteiger partial charge in [-0.1, -0.05) is 30.3 Å². The fourth-order valence-corrected chi connectivity index (χ4v) is 1.44. The summed E-state index contributed by atoms with van der Waals surface area (Å²) in [7, 11) is 0. The van der Waals surface area contributed by atoms with Gasteiger partial charge in [-0.25, -0.2) is 14.4 Å². The Balaban J connectivity index is 0.000000463. The first-order valence-corrected chi connectivity index (χ1v) is 7.94. The summed E-state index contributed by atoms with van der Waals surface area (Å²) < 4.78 is 13.8. The molecule has 25 heavy (non-hydrogen) atoms. The molecule has 0 aliphatic carbocycles. The van der Waals surface area contributed by atoms with Gasteiger partial charge in [-0.05, 0) is 32.4 Å². The van der Waals surface area contributed by atoms with Crippen molar-refractivity contribution in [2.45, 2.75) is 20.8 Å². The van der Waals surface area contributed by atoms with Gasteiger partial charge in [0.05, 0.1) is 19.8 Å². The van der Waals surface area contributed by atoms with Crippen LogP contribution in [0.25, 0.3) is 6.08 Å². The zero-order valence-corrected chi connectivity index (χ0v) is 14.8. The summed E-state index contributed by atoms with van der Waals surface area (Å²) >= 11 is 0. The average molecular weight is 348 g/mol. The molecule has 0 saturated carbocycles. The van der Waals surface area contributed by atoms with E-state index in [2.05, 4.69) is 9.47 Å². The summed E-state index contributed by atoms with van der Waals surface area (Å²) in [4.78, 5) is 32.2. The van der Waals surface area contributed by atoms with Crippen LogP contribution in [0.1, 0.15) is 26.3 Å². The molecule has 0 fully saturated rings. The first-order valence-electron chi connectivity index (χ1n) is 7.94. The highest BCUT2D eigenvalue weighted by Crippen LogP contribution is 2.00. The summed E-state index contributed by atoms with van der Waals surface area (Å²) in [5.74, 6) is -1.37. The van der Waals surface area contributed by atoms with Crippen molar-refractivity contribution in [2.24, 2.45) is 0 Å². The molecule has 0 unspecified atom stereocenters. The van der Waals surface area contributed by atoms with Crippen molar-refractivity contribution in [3.05, 3.63) is 54.1 Å². The molecule has 0 aliphatic rings. The minimum atomic E-state index is -0.537. The molecule has 6 heteroatoms. The van der Waals surface area contributed by atoms with Gasteiger partial charge >= 0.3 is 17.9 Å². The lowest BCUT2D eigenvalue weighted by atomic mass is 10.2. The second kappa shape index (κ2) is 14.7. The van der Waals surface area contributed by atoms with E-state index >= 15 is 0 Å². The van der Waals surface area contributed by atoms with Gasteiger partial charge in [0.2, 0.25) is 0 Å². The van der Waals surface area contributed by atoms with Crippen LogP contribution in [0, 0.1) is 0 Å². The van der Waals surface area contributed by atoms with E-state index in [1.165, 1.54) is 6.08 Å². The Labute approximate surface area is 148 Å². The largest absolute Gasteiger partial charge is 0.463 e. The maximum Gasteiger partial charge on any atom is 0.330 e. The highest BCUT2D eigenvalue weighted by Gasteiger charge is 1.97. The van der Waals surface area contributed by atoms with Gasteiger partial charge in [-0.2, -0.15) is 0 Å². The zero-order valence-electron chi connectivity index (χ0n) is 14.8. The standard InChI is InChI=1S/C11H12O2.C8H12O4/c1-2-13-11(12)9-8-10-6-4-3-5-7-10;1-3-11-7(9)5-6-8(10)12-4-2/h3-9H,2H2,1H3;5-6H,3-4H2,1-2H3/b;6-5+. The van der Waals surface area contributed by atoms with Crippen LogP contribution >= 0.6 is 0 Å². The van der Waals surface area contributed by atoms with Crippen LogP contribution in [0.4, 0.5) is 0 Å². The molecule has 0 amide bonds. The molecule has 0 aliphatic heterocycles. The number of carbonyl (C=O) groups is 3. The molecule has 0 N–H and O–H groups in total. The predicted molar refractivity (Wildman–Crippen MR) is 94.5 cm³/mol. The first-order chi connectivity index (χ1) is 12.0. The van der Waals surface area contributed by atoms with Crippen LogP contribution in [0.2, 0.25) is 0 Å². The van der Waals surface area contributed by atoms with E-state index in [4.69, 9.17) is 4.74 Å².